The number of aromatic nitrogens is 2. The Hall–Kier alpha value is -1.87. The van der Waals surface area contributed by atoms with Crippen LogP contribution in [0.1, 0.15) is 42.3 Å². The molecule has 1 amide bonds. The van der Waals surface area contributed by atoms with Gasteiger partial charge in [0.2, 0.25) is 5.91 Å². The van der Waals surface area contributed by atoms with Gasteiger partial charge in [-0.3, -0.25) is 4.79 Å². The predicted molar refractivity (Wildman–Crippen MR) is 111 cm³/mol. The third kappa shape index (κ3) is 4.56. The van der Waals surface area contributed by atoms with Crippen molar-refractivity contribution in [3.8, 4) is 0 Å². The summed E-state index contributed by atoms with van der Waals surface area (Å²) in [5, 5.41) is 3.59. The number of piperidine rings is 1. The number of carbonyl (C=O) groups is 1. The van der Waals surface area contributed by atoms with Crippen molar-refractivity contribution in [1.82, 2.24) is 9.97 Å². The minimum Gasteiger partial charge on any atom is -0.355 e. The van der Waals surface area contributed by atoms with Gasteiger partial charge in [-0.15, -0.1) is 11.3 Å². The fraction of sp³-hybridized carbons (Fsp3) is 0.550. The van der Waals surface area contributed by atoms with E-state index in [0.29, 0.717) is 42.8 Å². The maximum absolute atomic E-state index is 12.8. The van der Waals surface area contributed by atoms with Gasteiger partial charge in [0.25, 0.3) is 0 Å². The zero-order valence-corrected chi connectivity index (χ0v) is 18.0. The molecule has 1 N–H and O–H groups in total. The highest BCUT2D eigenvalue weighted by atomic mass is 35.5. The van der Waals surface area contributed by atoms with E-state index in [9.17, 15) is 18.0 Å². The third-order valence-electron chi connectivity index (χ3n) is 5.73. The average Bonchev–Trinajstić information content (AvgIpc) is 3.08. The molecule has 162 valence electrons. The lowest BCUT2D eigenvalue weighted by atomic mass is 9.93. The van der Waals surface area contributed by atoms with Crippen molar-refractivity contribution in [2.24, 2.45) is 11.8 Å². The summed E-state index contributed by atoms with van der Waals surface area (Å²) in [6.45, 7) is 3.23. The molecule has 10 heteroatoms. The smallest absolute Gasteiger partial charge is 0.355 e. The molecule has 1 atom stereocenters. The number of hydrogen-bond donors (Lipinski definition) is 1. The van der Waals surface area contributed by atoms with E-state index in [2.05, 4.69) is 22.2 Å². The van der Waals surface area contributed by atoms with Gasteiger partial charge in [0.1, 0.15) is 5.82 Å². The molecule has 0 aromatic carbocycles. The van der Waals surface area contributed by atoms with E-state index in [4.69, 9.17) is 11.6 Å². The predicted octanol–water partition coefficient (Wildman–Crippen LogP) is 5.19. The zero-order chi connectivity index (χ0) is 21.5. The summed E-state index contributed by atoms with van der Waals surface area (Å²) in [5.74, 6) is 0.747. The van der Waals surface area contributed by atoms with Crippen molar-refractivity contribution in [3.63, 3.8) is 0 Å². The van der Waals surface area contributed by atoms with Gasteiger partial charge in [0.15, 0.2) is 5.13 Å². The molecule has 1 saturated heterocycles. The number of fused-ring (bicyclic) bond motifs is 1. The Morgan fingerprint density at radius 1 is 1.30 bits per heavy atom. The first kappa shape index (κ1) is 21.4. The molecule has 0 bridgehead atoms. The molecular weight excluding hydrogens is 437 g/mol. The van der Waals surface area contributed by atoms with Crippen molar-refractivity contribution < 1.29 is 18.0 Å². The number of alkyl halides is 3. The van der Waals surface area contributed by atoms with Gasteiger partial charge in [0.05, 0.1) is 16.3 Å². The number of thiazole rings is 1. The largest absolute Gasteiger partial charge is 0.417 e. The molecule has 1 aliphatic heterocycles. The number of aryl methyl sites for hydroxylation is 1. The van der Waals surface area contributed by atoms with E-state index in [1.54, 1.807) is 11.3 Å². The second-order valence-corrected chi connectivity index (χ2v) is 9.51. The van der Waals surface area contributed by atoms with Gasteiger partial charge in [-0.2, -0.15) is 13.2 Å². The highest BCUT2D eigenvalue weighted by molar-refractivity contribution is 7.15. The van der Waals surface area contributed by atoms with Crippen molar-refractivity contribution in [1.29, 1.82) is 0 Å². The maximum Gasteiger partial charge on any atom is 0.417 e. The van der Waals surface area contributed by atoms with Crippen LogP contribution in [-0.4, -0.2) is 29.0 Å². The van der Waals surface area contributed by atoms with Gasteiger partial charge in [-0.1, -0.05) is 18.5 Å². The number of nitrogens with one attached hydrogen (secondary N) is 1. The molecule has 1 aliphatic carbocycles. The minimum absolute atomic E-state index is 0.0321. The monoisotopic (exact) mass is 458 g/mol. The van der Waals surface area contributed by atoms with Crippen molar-refractivity contribution in [2.45, 2.75) is 45.2 Å². The summed E-state index contributed by atoms with van der Waals surface area (Å²) < 4.78 is 38.4. The van der Waals surface area contributed by atoms with E-state index in [0.717, 1.165) is 37.2 Å². The topological polar surface area (TPSA) is 58.1 Å². The van der Waals surface area contributed by atoms with Gasteiger partial charge >= 0.3 is 6.18 Å². The number of amides is 1. The number of hydrogen-bond acceptors (Lipinski definition) is 5. The van der Waals surface area contributed by atoms with Crippen LogP contribution >= 0.6 is 22.9 Å². The zero-order valence-electron chi connectivity index (χ0n) is 16.4. The van der Waals surface area contributed by atoms with Crippen LogP contribution in [0.15, 0.2) is 12.3 Å². The second-order valence-electron chi connectivity index (χ2n) is 8.01. The molecule has 0 radical (unpaired) electrons. The minimum atomic E-state index is -4.48. The lowest BCUT2D eigenvalue weighted by Gasteiger charge is -2.32. The fourth-order valence-corrected chi connectivity index (χ4v) is 5.43. The van der Waals surface area contributed by atoms with Gasteiger partial charge in [0, 0.05) is 30.1 Å². The summed E-state index contributed by atoms with van der Waals surface area (Å²) in [4.78, 5) is 24.3. The first-order valence-electron chi connectivity index (χ1n) is 9.98. The third-order valence-corrected chi connectivity index (χ3v) is 7.04. The van der Waals surface area contributed by atoms with Crippen LogP contribution in [0.5, 0.6) is 0 Å². The average molecular weight is 459 g/mol. The van der Waals surface area contributed by atoms with Crippen molar-refractivity contribution in [3.05, 3.63) is 33.4 Å². The number of rotatable bonds is 3. The van der Waals surface area contributed by atoms with E-state index < -0.39 is 11.7 Å². The Kier molecular flexibility index (Phi) is 5.94. The Bertz CT molecular complexity index is 941. The molecule has 2 aliphatic rings. The van der Waals surface area contributed by atoms with E-state index in [1.807, 2.05) is 4.90 Å². The van der Waals surface area contributed by atoms with Crippen LogP contribution in [0.3, 0.4) is 0 Å². The number of nitrogens with zero attached hydrogens (tertiary/aromatic N) is 3. The van der Waals surface area contributed by atoms with Crippen molar-refractivity contribution >= 4 is 39.8 Å². The molecule has 5 nitrogen and oxygen atoms in total. The molecule has 2 aromatic heterocycles. The second kappa shape index (κ2) is 8.34. The van der Waals surface area contributed by atoms with E-state index in [1.165, 1.54) is 4.88 Å². The molecule has 0 saturated carbocycles. The molecule has 2 aromatic rings. The number of pyridine rings is 1. The quantitative estimate of drug-likeness (QED) is 0.687. The summed E-state index contributed by atoms with van der Waals surface area (Å²) in [5.41, 5.74) is 0.234. The highest BCUT2D eigenvalue weighted by Crippen LogP contribution is 2.35. The van der Waals surface area contributed by atoms with Crippen LogP contribution in [0.25, 0.3) is 0 Å². The Morgan fingerprint density at radius 3 is 2.70 bits per heavy atom. The lowest BCUT2D eigenvalue weighted by Crippen LogP contribution is -2.38. The van der Waals surface area contributed by atoms with Crippen LogP contribution in [-0.2, 0) is 23.8 Å². The lowest BCUT2D eigenvalue weighted by molar-refractivity contribution is -0.137. The molecule has 0 unspecified atom stereocenters. The van der Waals surface area contributed by atoms with E-state index >= 15 is 0 Å². The molecular formula is C20H22ClF3N4OS. The maximum atomic E-state index is 12.8. The fourth-order valence-electron chi connectivity index (χ4n) is 3.97. The number of carbonyl (C=O) groups excluding carboxylic acids is 1. The van der Waals surface area contributed by atoms with E-state index in [-0.39, 0.29) is 16.8 Å². The van der Waals surface area contributed by atoms with Crippen LogP contribution < -0.4 is 10.2 Å². The molecule has 4 rings (SSSR count). The summed E-state index contributed by atoms with van der Waals surface area (Å²) >= 11 is 7.61. The van der Waals surface area contributed by atoms with Gasteiger partial charge in [-0.25, -0.2) is 9.97 Å². The summed E-state index contributed by atoms with van der Waals surface area (Å²) in [6, 6.07) is 0.897. The molecule has 1 fully saturated rings. The van der Waals surface area contributed by atoms with Crippen LogP contribution in [0, 0.1) is 11.8 Å². The summed E-state index contributed by atoms with van der Waals surface area (Å²) in [6.07, 6.45) is 0.575. The van der Waals surface area contributed by atoms with Crippen LogP contribution in [0.2, 0.25) is 5.02 Å². The van der Waals surface area contributed by atoms with Crippen molar-refractivity contribution in [2.75, 3.05) is 23.3 Å². The Balaban J connectivity index is 1.35. The number of halogens is 4. The van der Waals surface area contributed by atoms with Gasteiger partial charge < -0.3 is 10.2 Å². The first-order valence-corrected chi connectivity index (χ1v) is 11.2. The van der Waals surface area contributed by atoms with Gasteiger partial charge in [-0.05, 0) is 44.1 Å². The summed E-state index contributed by atoms with van der Waals surface area (Å²) in [7, 11) is 0. The normalized spacial score (nSPS) is 20.2. The molecule has 30 heavy (non-hydrogen) atoms. The Morgan fingerprint density at radius 2 is 2.03 bits per heavy atom. The first-order chi connectivity index (χ1) is 14.2. The van der Waals surface area contributed by atoms with Crippen LogP contribution in [0.4, 0.5) is 24.1 Å². The standard InChI is InChI=1S/C20H22ClF3N4OS/c1-11-2-3-15-16(8-11)30-19(26-15)27-18(29)12-4-6-28(7-5-12)17-14(21)9-13(10-25-17)20(22,23)24/h9-12H,2-8H2,1H3,(H,26,27,29)/t11-/m0/s1. The molecule has 0 spiro atoms. The Labute approximate surface area is 181 Å². The number of anilines is 2. The highest BCUT2D eigenvalue weighted by Gasteiger charge is 2.33. The SMILES string of the molecule is C[C@H]1CCc2nc(NC(=O)C3CCN(c4ncc(C(F)(F)F)cc4Cl)CC3)sc2C1. The molecule has 3 heterocycles.